The van der Waals surface area contributed by atoms with Crippen molar-refractivity contribution in [3.63, 3.8) is 0 Å². The Morgan fingerprint density at radius 1 is 0.912 bits per heavy atom. The minimum absolute atomic E-state index is 0.139. The first-order valence-corrected chi connectivity index (χ1v) is 11.0. The largest absolute Gasteiger partial charge is 0.346 e. The van der Waals surface area contributed by atoms with E-state index in [-0.39, 0.29) is 11.9 Å². The second-order valence-electron chi connectivity index (χ2n) is 8.34. The smallest absolute Gasteiger partial charge is 0.252 e. The maximum absolute atomic E-state index is 13.4. The van der Waals surface area contributed by atoms with Crippen LogP contribution in [-0.4, -0.2) is 30.8 Å². The molecular weight excluding hydrogens is 424 g/mol. The van der Waals surface area contributed by atoms with Gasteiger partial charge < -0.3 is 15.3 Å². The van der Waals surface area contributed by atoms with Gasteiger partial charge in [0.15, 0.2) is 0 Å². The van der Waals surface area contributed by atoms with E-state index in [4.69, 9.17) is 4.98 Å². The molecule has 1 aliphatic carbocycles. The number of H-pyrrole nitrogens is 2. The fourth-order valence-electron chi connectivity index (χ4n) is 4.96. The summed E-state index contributed by atoms with van der Waals surface area (Å²) in [6.45, 7) is 0. The number of fused-ring (bicyclic) bond motifs is 5. The number of carbonyl (C=O) groups excluding carboxylic acids is 1. The van der Waals surface area contributed by atoms with E-state index < -0.39 is 0 Å². The summed E-state index contributed by atoms with van der Waals surface area (Å²) in [5.41, 5.74) is 8.33. The van der Waals surface area contributed by atoms with Gasteiger partial charge in [-0.1, -0.05) is 42.5 Å². The molecule has 1 amide bonds. The van der Waals surface area contributed by atoms with Crippen LogP contribution in [0.5, 0.6) is 0 Å². The normalized spacial score (nSPS) is 14.3. The average molecular weight is 442 g/mol. The van der Waals surface area contributed by atoms with Gasteiger partial charge in [0.05, 0.1) is 28.8 Å². The van der Waals surface area contributed by atoms with Crippen molar-refractivity contribution in [2.24, 2.45) is 0 Å². The molecule has 0 bridgehead atoms. The minimum Gasteiger partial charge on any atom is -0.346 e. The van der Waals surface area contributed by atoms with Gasteiger partial charge in [-0.25, -0.2) is 9.97 Å². The van der Waals surface area contributed by atoms with Crippen LogP contribution in [-0.2, 0) is 0 Å². The number of nitrogens with zero attached hydrogens (tertiary/aromatic N) is 3. The van der Waals surface area contributed by atoms with Crippen LogP contribution in [0, 0.1) is 0 Å². The Bertz CT molecular complexity index is 1700. The molecule has 1 atom stereocenters. The highest BCUT2D eigenvalue weighted by Gasteiger charge is 2.32. The predicted octanol–water partition coefficient (Wildman–Crippen LogP) is 5.00. The van der Waals surface area contributed by atoms with Crippen molar-refractivity contribution in [1.29, 1.82) is 0 Å². The molecule has 0 unspecified atom stereocenters. The molecule has 0 aliphatic heterocycles. The number of aromatic nitrogens is 5. The lowest BCUT2D eigenvalue weighted by Crippen LogP contribution is -2.28. The molecule has 7 rings (SSSR count). The Morgan fingerprint density at radius 3 is 2.74 bits per heavy atom. The molecule has 7 heteroatoms. The first-order valence-electron chi connectivity index (χ1n) is 11.0. The fraction of sp³-hybridized carbons (Fsp3) is 0.0370. The number of hydrogen-bond donors (Lipinski definition) is 3. The third-order valence-corrected chi connectivity index (χ3v) is 6.47. The third-order valence-electron chi connectivity index (χ3n) is 6.47. The number of benzene rings is 2. The lowest BCUT2D eigenvalue weighted by atomic mass is 9.98. The molecule has 0 saturated carbocycles. The van der Waals surface area contributed by atoms with Gasteiger partial charge in [0.2, 0.25) is 0 Å². The second kappa shape index (κ2) is 7.11. The van der Waals surface area contributed by atoms with E-state index in [0.29, 0.717) is 11.2 Å². The molecule has 34 heavy (non-hydrogen) atoms. The molecule has 6 aromatic rings. The molecule has 4 heterocycles. The Balaban J connectivity index is 1.36. The molecule has 0 spiro atoms. The van der Waals surface area contributed by atoms with Crippen molar-refractivity contribution in [3.05, 3.63) is 102 Å². The van der Waals surface area contributed by atoms with Crippen molar-refractivity contribution < 1.29 is 4.79 Å². The standard InChI is InChI=1S/C27H18N6O/c34-27(18-9-13-30-25-17(18)8-12-29-25)33-24-16-5-2-1-4-15(16)23-19(24)6-3-7-20(23)26-31-21-10-11-28-14-22(21)32-26/h1-14,24H,(H,29,30)(H,31,32)(H,33,34)/t24-/m0/s1. The summed E-state index contributed by atoms with van der Waals surface area (Å²) in [4.78, 5) is 33.2. The summed E-state index contributed by atoms with van der Waals surface area (Å²) in [7, 11) is 0. The lowest BCUT2D eigenvalue weighted by Gasteiger charge is -2.16. The molecule has 1 aliphatic rings. The zero-order valence-corrected chi connectivity index (χ0v) is 17.9. The molecule has 0 fully saturated rings. The fourth-order valence-corrected chi connectivity index (χ4v) is 4.96. The van der Waals surface area contributed by atoms with Crippen molar-refractivity contribution in [3.8, 4) is 22.5 Å². The summed E-state index contributed by atoms with van der Waals surface area (Å²) in [6.07, 6.45) is 6.97. The summed E-state index contributed by atoms with van der Waals surface area (Å²) in [5.74, 6) is 0.643. The first kappa shape index (κ1) is 18.8. The Morgan fingerprint density at radius 2 is 1.79 bits per heavy atom. The zero-order chi connectivity index (χ0) is 22.6. The van der Waals surface area contributed by atoms with Crippen molar-refractivity contribution in [2.45, 2.75) is 6.04 Å². The molecule has 3 N–H and O–H groups in total. The molecule has 0 radical (unpaired) electrons. The summed E-state index contributed by atoms with van der Waals surface area (Å²) in [5, 5.41) is 4.08. The van der Waals surface area contributed by atoms with Crippen LogP contribution in [0.4, 0.5) is 0 Å². The van der Waals surface area contributed by atoms with Crippen molar-refractivity contribution in [2.75, 3.05) is 0 Å². The van der Waals surface area contributed by atoms with Crippen LogP contribution in [0.1, 0.15) is 27.5 Å². The van der Waals surface area contributed by atoms with Gasteiger partial charge in [0.25, 0.3) is 5.91 Å². The van der Waals surface area contributed by atoms with Gasteiger partial charge >= 0.3 is 0 Å². The molecule has 7 nitrogen and oxygen atoms in total. The number of aromatic amines is 2. The molecule has 4 aromatic heterocycles. The Labute approximate surface area is 193 Å². The van der Waals surface area contributed by atoms with Crippen molar-refractivity contribution in [1.82, 2.24) is 30.2 Å². The minimum atomic E-state index is -0.271. The second-order valence-corrected chi connectivity index (χ2v) is 8.34. The van der Waals surface area contributed by atoms with Crippen LogP contribution in [0.2, 0.25) is 0 Å². The Kier molecular flexibility index (Phi) is 3.92. The zero-order valence-electron chi connectivity index (χ0n) is 17.9. The molecule has 0 saturated heterocycles. The summed E-state index contributed by atoms with van der Waals surface area (Å²) in [6, 6.07) is 19.6. The highest BCUT2D eigenvalue weighted by atomic mass is 16.1. The van der Waals surface area contributed by atoms with E-state index in [0.717, 1.165) is 50.1 Å². The molecule has 2 aromatic carbocycles. The number of hydrogen-bond acceptors (Lipinski definition) is 4. The number of carbonyl (C=O) groups is 1. The number of nitrogens with one attached hydrogen (secondary N) is 3. The third kappa shape index (κ3) is 2.70. The van der Waals surface area contributed by atoms with Crippen LogP contribution >= 0.6 is 0 Å². The highest BCUT2D eigenvalue weighted by molar-refractivity contribution is 6.06. The van der Waals surface area contributed by atoms with E-state index in [1.807, 2.05) is 30.3 Å². The van der Waals surface area contributed by atoms with Crippen LogP contribution < -0.4 is 5.32 Å². The summed E-state index contributed by atoms with van der Waals surface area (Å²) >= 11 is 0. The van der Waals surface area contributed by atoms with Crippen LogP contribution in [0.3, 0.4) is 0 Å². The average Bonchev–Trinajstić information content (AvgIpc) is 3.60. The first-order chi connectivity index (χ1) is 16.8. The number of pyridine rings is 2. The van der Waals surface area contributed by atoms with E-state index in [1.54, 1.807) is 30.9 Å². The molecule has 162 valence electrons. The maximum Gasteiger partial charge on any atom is 0.252 e. The highest BCUT2D eigenvalue weighted by Crippen LogP contribution is 2.47. The number of rotatable bonds is 3. The quantitative estimate of drug-likeness (QED) is 0.359. The van der Waals surface area contributed by atoms with E-state index in [1.165, 1.54) is 0 Å². The maximum atomic E-state index is 13.4. The Hall–Kier alpha value is -4.78. The van der Waals surface area contributed by atoms with E-state index in [9.17, 15) is 4.79 Å². The monoisotopic (exact) mass is 442 g/mol. The van der Waals surface area contributed by atoms with Crippen molar-refractivity contribution >= 4 is 28.0 Å². The van der Waals surface area contributed by atoms with Gasteiger partial charge in [0.1, 0.15) is 11.5 Å². The van der Waals surface area contributed by atoms with Crippen LogP contribution in [0.15, 0.2) is 85.5 Å². The van der Waals surface area contributed by atoms with E-state index in [2.05, 4.69) is 49.5 Å². The SMILES string of the molecule is O=C(N[C@H]1c2ccccc2-c2c(-c3nc4ccncc4[nH]3)cccc21)c1ccnc2[nH]ccc12. The number of imidazole rings is 1. The van der Waals surface area contributed by atoms with Crippen LogP contribution in [0.25, 0.3) is 44.6 Å². The van der Waals surface area contributed by atoms with Gasteiger partial charge in [-0.2, -0.15) is 0 Å². The lowest BCUT2D eigenvalue weighted by molar-refractivity contribution is 0.0945. The number of amides is 1. The molecular formula is C27H18N6O. The van der Waals surface area contributed by atoms with Gasteiger partial charge in [0, 0.05) is 29.5 Å². The topological polar surface area (TPSA) is 99.3 Å². The van der Waals surface area contributed by atoms with Gasteiger partial charge in [-0.3, -0.25) is 9.78 Å². The summed E-state index contributed by atoms with van der Waals surface area (Å²) < 4.78 is 0. The van der Waals surface area contributed by atoms with E-state index >= 15 is 0 Å². The van der Waals surface area contributed by atoms with Gasteiger partial charge in [-0.05, 0) is 40.5 Å². The predicted molar refractivity (Wildman–Crippen MR) is 130 cm³/mol. The van der Waals surface area contributed by atoms with Gasteiger partial charge in [-0.15, -0.1) is 0 Å².